The first kappa shape index (κ1) is 21.2. The van der Waals surface area contributed by atoms with Crippen LogP contribution in [0.5, 0.6) is 11.5 Å². The van der Waals surface area contributed by atoms with Gasteiger partial charge < -0.3 is 19.4 Å². The number of nitrogens with zero attached hydrogens (tertiary/aromatic N) is 2. The molecule has 0 radical (unpaired) electrons. The second-order valence-electron chi connectivity index (χ2n) is 6.56. The van der Waals surface area contributed by atoms with E-state index >= 15 is 0 Å². The van der Waals surface area contributed by atoms with Gasteiger partial charge in [-0.2, -0.15) is 0 Å². The van der Waals surface area contributed by atoms with E-state index in [1.165, 1.54) is 0 Å². The first-order valence-corrected chi connectivity index (χ1v) is 10.7. The minimum Gasteiger partial charge on any atom is -0.490 e. The Hall–Kier alpha value is -2.54. The van der Waals surface area contributed by atoms with Crippen molar-refractivity contribution in [3.05, 3.63) is 52.8 Å². The van der Waals surface area contributed by atoms with Gasteiger partial charge in [0.15, 0.2) is 11.5 Å². The van der Waals surface area contributed by atoms with Crippen molar-refractivity contribution in [3.63, 3.8) is 0 Å². The van der Waals surface area contributed by atoms with Crippen molar-refractivity contribution in [2.24, 2.45) is 0 Å². The third-order valence-electron chi connectivity index (χ3n) is 4.49. The fourth-order valence-corrected chi connectivity index (χ4v) is 3.61. The number of nitrogens with one attached hydrogen (secondary N) is 1. The molecule has 0 atom stereocenters. The summed E-state index contributed by atoms with van der Waals surface area (Å²) in [5.74, 6) is 1.32. The van der Waals surface area contributed by atoms with Crippen LogP contribution in [-0.2, 0) is 17.8 Å². The fraction of sp³-hybridized carbons (Fsp3) is 0.364. The molecule has 1 amide bonds. The molecule has 0 fully saturated rings. The lowest BCUT2D eigenvalue weighted by Crippen LogP contribution is -2.27. The average molecular weight is 460 g/mol. The zero-order chi connectivity index (χ0) is 20.6. The lowest BCUT2D eigenvalue weighted by atomic mass is 10.1. The summed E-state index contributed by atoms with van der Waals surface area (Å²) >= 11 is 3.54. The van der Waals surface area contributed by atoms with Gasteiger partial charge in [0, 0.05) is 17.6 Å². The van der Waals surface area contributed by atoms with Crippen LogP contribution in [0.15, 0.2) is 47.2 Å². The molecule has 3 rings (SSSR count). The Morgan fingerprint density at radius 1 is 1.14 bits per heavy atom. The van der Waals surface area contributed by atoms with E-state index in [0.29, 0.717) is 31.3 Å². The molecular formula is C22H26BrN3O3. The number of benzene rings is 2. The van der Waals surface area contributed by atoms with Crippen molar-refractivity contribution >= 4 is 32.9 Å². The molecule has 3 aromatic rings. The van der Waals surface area contributed by atoms with Crippen molar-refractivity contribution in [2.75, 3.05) is 19.8 Å². The topological polar surface area (TPSA) is 65.4 Å². The van der Waals surface area contributed by atoms with Crippen molar-refractivity contribution in [2.45, 2.75) is 33.2 Å². The standard InChI is InChI=1S/C22H26BrN3O3/c1-3-28-20-12-16(17(23)14-21(20)29-4-2)13-22(27)24-10-7-11-26-15-25-18-8-5-6-9-19(18)26/h5-6,8-9,12,14-15H,3-4,7,10-11,13H2,1-2H3,(H,24,27). The van der Waals surface area contributed by atoms with Crippen LogP contribution < -0.4 is 14.8 Å². The monoisotopic (exact) mass is 459 g/mol. The van der Waals surface area contributed by atoms with Crippen LogP contribution >= 0.6 is 15.9 Å². The Morgan fingerprint density at radius 2 is 1.86 bits per heavy atom. The van der Waals surface area contributed by atoms with Crippen LogP contribution in [0.2, 0.25) is 0 Å². The van der Waals surface area contributed by atoms with Crippen LogP contribution in [0.25, 0.3) is 11.0 Å². The smallest absolute Gasteiger partial charge is 0.224 e. The maximum absolute atomic E-state index is 12.4. The molecule has 0 saturated heterocycles. The number of amides is 1. The van der Waals surface area contributed by atoms with Gasteiger partial charge in [0.2, 0.25) is 5.91 Å². The van der Waals surface area contributed by atoms with E-state index < -0.39 is 0 Å². The predicted octanol–water partition coefficient (Wildman–Crippen LogP) is 4.35. The van der Waals surface area contributed by atoms with Crippen molar-refractivity contribution < 1.29 is 14.3 Å². The Kier molecular flexibility index (Phi) is 7.52. The number of hydrogen-bond acceptors (Lipinski definition) is 4. The van der Waals surface area contributed by atoms with Crippen molar-refractivity contribution in [1.82, 2.24) is 14.9 Å². The van der Waals surface area contributed by atoms with Gasteiger partial charge in [-0.3, -0.25) is 4.79 Å². The average Bonchev–Trinajstić information content (AvgIpc) is 3.12. The van der Waals surface area contributed by atoms with Gasteiger partial charge in [-0.25, -0.2) is 4.98 Å². The first-order chi connectivity index (χ1) is 14.1. The molecule has 0 aliphatic heterocycles. The molecule has 0 bridgehead atoms. The largest absolute Gasteiger partial charge is 0.490 e. The molecule has 29 heavy (non-hydrogen) atoms. The molecule has 0 aliphatic rings. The van der Waals surface area contributed by atoms with Crippen LogP contribution in [0.3, 0.4) is 0 Å². The van der Waals surface area contributed by atoms with E-state index in [1.807, 2.05) is 50.5 Å². The zero-order valence-electron chi connectivity index (χ0n) is 16.8. The molecule has 0 aliphatic carbocycles. The molecule has 7 heteroatoms. The quantitative estimate of drug-likeness (QED) is 0.457. The summed E-state index contributed by atoms with van der Waals surface area (Å²) < 4.78 is 14.2. The van der Waals surface area contributed by atoms with E-state index in [2.05, 4.69) is 36.9 Å². The van der Waals surface area contributed by atoms with Gasteiger partial charge >= 0.3 is 0 Å². The number of aromatic nitrogens is 2. The van der Waals surface area contributed by atoms with Crippen molar-refractivity contribution in [1.29, 1.82) is 0 Å². The SMILES string of the molecule is CCOc1cc(Br)c(CC(=O)NCCCn2cnc3ccccc32)cc1OCC. The third-order valence-corrected chi connectivity index (χ3v) is 5.23. The number of ether oxygens (including phenoxy) is 2. The number of hydrogen-bond donors (Lipinski definition) is 1. The number of aryl methyl sites for hydroxylation is 1. The summed E-state index contributed by atoms with van der Waals surface area (Å²) in [5, 5.41) is 2.99. The summed E-state index contributed by atoms with van der Waals surface area (Å²) in [6.07, 6.45) is 2.96. The molecule has 0 unspecified atom stereocenters. The summed E-state index contributed by atoms with van der Waals surface area (Å²) in [7, 11) is 0. The second kappa shape index (κ2) is 10.3. The van der Waals surface area contributed by atoms with E-state index in [4.69, 9.17) is 9.47 Å². The number of imidazole rings is 1. The summed E-state index contributed by atoms with van der Waals surface area (Å²) in [6.45, 7) is 6.36. The molecule has 1 heterocycles. The maximum atomic E-state index is 12.4. The zero-order valence-corrected chi connectivity index (χ0v) is 18.4. The Morgan fingerprint density at radius 3 is 2.62 bits per heavy atom. The Balaban J connectivity index is 1.53. The minimum atomic E-state index is -0.0206. The molecule has 154 valence electrons. The highest BCUT2D eigenvalue weighted by Gasteiger charge is 2.13. The minimum absolute atomic E-state index is 0.0206. The molecule has 0 spiro atoms. The molecule has 1 aromatic heterocycles. The highest BCUT2D eigenvalue weighted by atomic mass is 79.9. The number of carbonyl (C=O) groups excluding carboxylic acids is 1. The van der Waals surface area contributed by atoms with E-state index in [0.717, 1.165) is 34.0 Å². The Labute approximate surface area is 179 Å². The lowest BCUT2D eigenvalue weighted by Gasteiger charge is -2.14. The number of fused-ring (bicyclic) bond motifs is 1. The van der Waals surface area contributed by atoms with Gasteiger partial charge in [-0.15, -0.1) is 0 Å². The van der Waals surface area contributed by atoms with Crippen LogP contribution in [0.4, 0.5) is 0 Å². The lowest BCUT2D eigenvalue weighted by molar-refractivity contribution is -0.120. The van der Waals surface area contributed by atoms with Crippen LogP contribution in [0.1, 0.15) is 25.8 Å². The normalized spacial score (nSPS) is 10.9. The maximum Gasteiger partial charge on any atom is 0.224 e. The molecule has 6 nitrogen and oxygen atoms in total. The third kappa shape index (κ3) is 5.50. The highest BCUT2D eigenvalue weighted by molar-refractivity contribution is 9.10. The van der Waals surface area contributed by atoms with E-state index in [9.17, 15) is 4.79 Å². The number of para-hydroxylation sites is 2. The van der Waals surface area contributed by atoms with Gasteiger partial charge in [-0.05, 0) is 50.1 Å². The van der Waals surface area contributed by atoms with Gasteiger partial charge in [0.25, 0.3) is 0 Å². The van der Waals surface area contributed by atoms with Gasteiger partial charge in [-0.1, -0.05) is 28.1 Å². The van der Waals surface area contributed by atoms with Gasteiger partial charge in [0.1, 0.15) is 0 Å². The first-order valence-electron chi connectivity index (χ1n) is 9.87. The fourth-order valence-electron chi connectivity index (χ4n) is 3.15. The molecule has 1 N–H and O–H groups in total. The number of halogens is 1. The highest BCUT2D eigenvalue weighted by Crippen LogP contribution is 2.34. The van der Waals surface area contributed by atoms with Gasteiger partial charge in [0.05, 0.1) is 37.0 Å². The molecule has 0 saturated carbocycles. The Bertz CT molecular complexity index is 971. The molecule has 2 aromatic carbocycles. The summed E-state index contributed by atoms with van der Waals surface area (Å²) in [6, 6.07) is 11.8. The number of rotatable bonds is 10. The second-order valence-corrected chi connectivity index (χ2v) is 7.42. The predicted molar refractivity (Wildman–Crippen MR) is 118 cm³/mol. The van der Waals surface area contributed by atoms with Crippen LogP contribution in [-0.4, -0.2) is 35.2 Å². The van der Waals surface area contributed by atoms with Crippen LogP contribution in [0, 0.1) is 0 Å². The van der Waals surface area contributed by atoms with E-state index in [-0.39, 0.29) is 12.3 Å². The van der Waals surface area contributed by atoms with E-state index in [1.54, 1.807) is 0 Å². The summed E-state index contributed by atoms with van der Waals surface area (Å²) in [4.78, 5) is 16.8. The number of carbonyl (C=O) groups is 1. The molecular weight excluding hydrogens is 434 g/mol. The summed E-state index contributed by atoms with van der Waals surface area (Å²) in [5.41, 5.74) is 2.97. The van der Waals surface area contributed by atoms with Crippen molar-refractivity contribution in [3.8, 4) is 11.5 Å².